The number of carbonyl (C=O) groups is 2. The van der Waals surface area contributed by atoms with Gasteiger partial charge in [-0.15, -0.1) is 0 Å². The Morgan fingerprint density at radius 3 is 2.36 bits per heavy atom. The molecule has 2 N–H and O–H groups in total. The van der Waals surface area contributed by atoms with Gasteiger partial charge in [0.15, 0.2) is 6.61 Å². The van der Waals surface area contributed by atoms with Crippen molar-refractivity contribution in [1.82, 2.24) is 4.72 Å². The Morgan fingerprint density at radius 2 is 1.75 bits per heavy atom. The second-order valence-corrected chi connectivity index (χ2v) is 8.19. The van der Waals surface area contributed by atoms with Crippen LogP contribution in [0.15, 0.2) is 53.4 Å². The highest BCUT2D eigenvalue weighted by Crippen LogP contribution is 2.13. The zero-order valence-corrected chi connectivity index (χ0v) is 16.9. The minimum atomic E-state index is -3.73. The van der Waals surface area contributed by atoms with E-state index in [9.17, 15) is 18.0 Å². The monoisotopic (exact) mass is 404 g/mol. The highest BCUT2D eigenvalue weighted by atomic mass is 32.2. The Bertz CT molecular complexity index is 937. The molecule has 2 aromatic rings. The number of aryl methyl sites for hydroxylation is 1. The minimum Gasteiger partial charge on any atom is -0.452 e. The molecule has 2 aromatic carbocycles. The van der Waals surface area contributed by atoms with Gasteiger partial charge in [0.25, 0.3) is 5.91 Å². The number of nitrogens with one attached hydrogen (secondary N) is 2. The van der Waals surface area contributed by atoms with Gasteiger partial charge < -0.3 is 10.1 Å². The van der Waals surface area contributed by atoms with E-state index in [4.69, 9.17) is 4.74 Å². The normalized spacial score (nSPS) is 11.3. The van der Waals surface area contributed by atoms with Gasteiger partial charge in [-0.2, -0.15) is 0 Å². The summed E-state index contributed by atoms with van der Waals surface area (Å²) in [5.41, 5.74) is 1.80. The highest BCUT2D eigenvalue weighted by molar-refractivity contribution is 7.89. The van der Waals surface area contributed by atoms with Gasteiger partial charge in [0.05, 0.1) is 10.5 Å². The fourth-order valence-electron chi connectivity index (χ4n) is 2.40. The molecule has 28 heavy (non-hydrogen) atoms. The predicted molar refractivity (Wildman–Crippen MR) is 107 cm³/mol. The van der Waals surface area contributed by atoms with Crippen molar-refractivity contribution in [1.29, 1.82) is 0 Å². The molecule has 0 aliphatic heterocycles. The number of hydrogen-bond donors (Lipinski definition) is 2. The van der Waals surface area contributed by atoms with Crippen molar-refractivity contribution in [2.24, 2.45) is 0 Å². The molecule has 150 valence electrons. The zero-order valence-electron chi connectivity index (χ0n) is 16.1. The molecule has 1 amide bonds. The number of carbonyl (C=O) groups excluding carboxylic acids is 2. The van der Waals surface area contributed by atoms with Gasteiger partial charge in [0.2, 0.25) is 10.0 Å². The fraction of sp³-hybridized carbons (Fsp3) is 0.300. The van der Waals surface area contributed by atoms with E-state index in [1.54, 1.807) is 26.0 Å². The van der Waals surface area contributed by atoms with Crippen LogP contribution in [0.3, 0.4) is 0 Å². The van der Waals surface area contributed by atoms with E-state index in [0.29, 0.717) is 5.69 Å². The van der Waals surface area contributed by atoms with E-state index in [2.05, 4.69) is 10.0 Å². The van der Waals surface area contributed by atoms with Crippen molar-refractivity contribution in [3.8, 4) is 0 Å². The molecule has 0 unspecified atom stereocenters. The van der Waals surface area contributed by atoms with Crippen LogP contribution in [-0.2, 0) is 26.0 Å². The average Bonchev–Trinajstić information content (AvgIpc) is 2.66. The third-order valence-electron chi connectivity index (χ3n) is 3.75. The molecular formula is C20H24N2O5S. The third kappa shape index (κ3) is 6.17. The summed E-state index contributed by atoms with van der Waals surface area (Å²) in [7, 11) is -3.73. The van der Waals surface area contributed by atoms with Crippen molar-refractivity contribution in [2.75, 3.05) is 11.9 Å². The van der Waals surface area contributed by atoms with Gasteiger partial charge in [0, 0.05) is 11.7 Å². The molecule has 0 radical (unpaired) electrons. The summed E-state index contributed by atoms with van der Waals surface area (Å²) in [5, 5.41) is 2.64. The van der Waals surface area contributed by atoms with Crippen LogP contribution in [0, 0.1) is 0 Å². The lowest BCUT2D eigenvalue weighted by atomic mass is 10.1. The molecule has 8 heteroatoms. The molecule has 0 aliphatic carbocycles. The highest BCUT2D eigenvalue weighted by Gasteiger charge is 2.18. The van der Waals surface area contributed by atoms with Crippen LogP contribution in [0.5, 0.6) is 0 Å². The first kappa shape index (κ1) is 21.6. The summed E-state index contributed by atoms with van der Waals surface area (Å²) in [6.45, 7) is 4.95. The molecule has 0 saturated carbocycles. The van der Waals surface area contributed by atoms with E-state index in [1.807, 2.05) is 19.1 Å². The van der Waals surface area contributed by atoms with Crippen molar-refractivity contribution in [3.05, 3.63) is 59.7 Å². The first-order chi connectivity index (χ1) is 13.2. The van der Waals surface area contributed by atoms with Gasteiger partial charge in [-0.1, -0.05) is 25.1 Å². The fourth-order valence-corrected chi connectivity index (χ4v) is 3.70. The molecule has 0 fully saturated rings. The number of anilines is 1. The van der Waals surface area contributed by atoms with Crippen LogP contribution >= 0.6 is 0 Å². The Morgan fingerprint density at radius 1 is 1.07 bits per heavy atom. The number of benzene rings is 2. The van der Waals surface area contributed by atoms with Gasteiger partial charge in [-0.3, -0.25) is 4.79 Å². The number of amides is 1. The summed E-state index contributed by atoms with van der Waals surface area (Å²) in [4.78, 5) is 24.1. The number of rotatable bonds is 8. The molecule has 0 aliphatic rings. The number of esters is 1. The minimum absolute atomic E-state index is 0.0453. The quantitative estimate of drug-likeness (QED) is 0.659. The summed E-state index contributed by atoms with van der Waals surface area (Å²) in [6, 6.07) is 12.5. The van der Waals surface area contributed by atoms with Crippen LogP contribution in [0.2, 0.25) is 0 Å². The van der Waals surface area contributed by atoms with Crippen molar-refractivity contribution in [3.63, 3.8) is 0 Å². The van der Waals surface area contributed by atoms with Crippen LogP contribution in [0.25, 0.3) is 0 Å². The largest absolute Gasteiger partial charge is 0.452 e. The van der Waals surface area contributed by atoms with Gasteiger partial charge in [-0.25, -0.2) is 17.9 Å². The molecule has 0 bridgehead atoms. The van der Waals surface area contributed by atoms with E-state index in [0.717, 1.165) is 12.0 Å². The van der Waals surface area contributed by atoms with Crippen molar-refractivity contribution >= 4 is 27.6 Å². The lowest BCUT2D eigenvalue weighted by Gasteiger charge is -2.11. The number of sulfonamides is 1. The van der Waals surface area contributed by atoms with E-state index in [-0.39, 0.29) is 16.5 Å². The Kier molecular flexibility index (Phi) is 7.31. The van der Waals surface area contributed by atoms with Gasteiger partial charge in [-0.05, 0) is 56.2 Å². The summed E-state index contributed by atoms with van der Waals surface area (Å²) in [6.07, 6.45) is 0.896. The number of hydrogen-bond acceptors (Lipinski definition) is 5. The third-order valence-corrected chi connectivity index (χ3v) is 5.41. The van der Waals surface area contributed by atoms with Crippen LogP contribution in [-0.4, -0.2) is 32.9 Å². The Balaban J connectivity index is 1.97. The van der Waals surface area contributed by atoms with E-state index < -0.39 is 28.5 Å². The predicted octanol–water partition coefficient (Wildman–Crippen LogP) is 2.73. The summed E-state index contributed by atoms with van der Waals surface area (Å²) in [5.74, 6) is -1.26. The smallest absolute Gasteiger partial charge is 0.338 e. The van der Waals surface area contributed by atoms with Crippen LogP contribution < -0.4 is 10.0 Å². The first-order valence-electron chi connectivity index (χ1n) is 8.89. The maximum atomic E-state index is 12.2. The molecule has 2 rings (SSSR count). The topological polar surface area (TPSA) is 102 Å². The zero-order chi connectivity index (χ0) is 20.7. The van der Waals surface area contributed by atoms with E-state index >= 15 is 0 Å². The first-order valence-corrected chi connectivity index (χ1v) is 10.4. The molecule has 0 heterocycles. The summed E-state index contributed by atoms with van der Waals surface area (Å²) < 4.78 is 31.8. The molecule has 0 aromatic heterocycles. The average molecular weight is 404 g/mol. The number of ether oxygens (including phenoxy) is 1. The maximum Gasteiger partial charge on any atom is 0.338 e. The Labute approximate surface area is 165 Å². The second kappa shape index (κ2) is 9.48. The van der Waals surface area contributed by atoms with Crippen LogP contribution in [0.1, 0.15) is 36.7 Å². The molecule has 0 saturated heterocycles. The molecule has 0 spiro atoms. The molecule has 0 atom stereocenters. The second-order valence-electron chi connectivity index (χ2n) is 6.48. The molecular weight excluding hydrogens is 380 g/mol. The lowest BCUT2D eigenvalue weighted by Crippen LogP contribution is -2.30. The Hall–Kier alpha value is -2.71. The maximum absolute atomic E-state index is 12.2. The molecule has 7 nitrogen and oxygen atoms in total. The van der Waals surface area contributed by atoms with Gasteiger partial charge in [0.1, 0.15) is 0 Å². The van der Waals surface area contributed by atoms with Crippen molar-refractivity contribution in [2.45, 2.75) is 38.1 Å². The van der Waals surface area contributed by atoms with E-state index in [1.165, 1.54) is 24.3 Å². The SMILES string of the molecule is CCc1ccc(NC(=O)COC(=O)c2cccc(S(=O)(=O)NC(C)C)c2)cc1. The van der Waals surface area contributed by atoms with Crippen molar-refractivity contribution < 1.29 is 22.7 Å². The standard InChI is InChI=1S/C20H24N2O5S/c1-4-15-8-10-17(11-9-15)21-19(23)13-27-20(24)16-6-5-7-18(12-16)28(25,26)22-14(2)3/h5-12,14,22H,4,13H2,1-3H3,(H,21,23). The van der Waals surface area contributed by atoms with Gasteiger partial charge >= 0.3 is 5.97 Å². The van der Waals surface area contributed by atoms with Crippen LogP contribution in [0.4, 0.5) is 5.69 Å². The summed E-state index contributed by atoms with van der Waals surface area (Å²) >= 11 is 0. The lowest BCUT2D eigenvalue weighted by molar-refractivity contribution is -0.119.